The number of anilines is 1. The minimum Gasteiger partial charge on any atom is -0.324 e. The van der Waals surface area contributed by atoms with Gasteiger partial charge in [-0.1, -0.05) is 0 Å². The van der Waals surface area contributed by atoms with Crippen molar-refractivity contribution in [3.05, 3.63) is 29.3 Å². The fraction of sp³-hybridized carbons (Fsp3) is 0.273. The van der Waals surface area contributed by atoms with E-state index in [-0.39, 0.29) is 22.9 Å². The van der Waals surface area contributed by atoms with Crippen molar-refractivity contribution in [1.82, 2.24) is 0 Å². The second-order valence-corrected chi connectivity index (χ2v) is 4.22. The van der Waals surface area contributed by atoms with E-state index in [2.05, 4.69) is 5.32 Å². The van der Waals surface area contributed by atoms with Crippen LogP contribution in [0.5, 0.6) is 0 Å². The lowest BCUT2D eigenvalue weighted by molar-refractivity contribution is -0.137. The van der Waals surface area contributed by atoms with E-state index in [9.17, 15) is 18.0 Å². The average molecular weight is 274 g/mol. The van der Waals surface area contributed by atoms with E-state index in [0.717, 1.165) is 12.1 Å². The highest BCUT2D eigenvalue weighted by Gasteiger charge is 2.31. The predicted molar refractivity (Wildman–Crippen MR) is 63.2 cm³/mol. The quantitative estimate of drug-likeness (QED) is 0.922. The summed E-state index contributed by atoms with van der Waals surface area (Å²) in [6, 6.07) is 4.26. The molecule has 0 aliphatic carbocycles. The number of hydrogen-bond donors (Lipinski definition) is 1. The molecule has 96 valence electrons. The molecule has 1 aromatic carbocycles. The second kappa shape index (κ2) is 5.78. The van der Waals surface area contributed by atoms with Gasteiger partial charge in [0.25, 0.3) is 0 Å². The third-order valence-corrected chi connectivity index (χ3v) is 2.57. The van der Waals surface area contributed by atoms with Gasteiger partial charge >= 0.3 is 6.18 Å². The molecule has 0 saturated carbocycles. The van der Waals surface area contributed by atoms with Crippen LogP contribution in [-0.4, -0.2) is 17.9 Å². The van der Waals surface area contributed by atoms with Crippen LogP contribution < -0.4 is 5.32 Å². The SMILES string of the molecule is CSCC(=O)Nc1ccc(C(F)(F)F)cc1C#N. The molecule has 0 spiro atoms. The van der Waals surface area contributed by atoms with Gasteiger partial charge in [0, 0.05) is 0 Å². The number of carbonyl (C=O) groups excluding carboxylic acids is 1. The van der Waals surface area contributed by atoms with E-state index in [1.54, 1.807) is 12.3 Å². The molecule has 0 aliphatic heterocycles. The zero-order valence-corrected chi connectivity index (χ0v) is 10.2. The van der Waals surface area contributed by atoms with Crippen molar-refractivity contribution in [3.63, 3.8) is 0 Å². The Morgan fingerprint density at radius 2 is 2.17 bits per heavy atom. The number of carbonyl (C=O) groups is 1. The molecule has 1 N–H and O–H groups in total. The molecule has 0 bridgehead atoms. The maximum atomic E-state index is 12.4. The van der Waals surface area contributed by atoms with Gasteiger partial charge in [0.05, 0.1) is 22.6 Å². The summed E-state index contributed by atoms with van der Waals surface area (Å²) in [5.41, 5.74) is -1.04. The molecule has 7 heteroatoms. The number of benzene rings is 1. The number of hydrogen-bond acceptors (Lipinski definition) is 3. The molecule has 18 heavy (non-hydrogen) atoms. The Kier molecular flexibility index (Phi) is 4.62. The predicted octanol–water partition coefficient (Wildman–Crippen LogP) is 2.88. The van der Waals surface area contributed by atoms with Crippen molar-refractivity contribution in [2.24, 2.45) is 0 Å². The molecule has 0 atom stereocenters. The van der Waals surface area contributed by atoms with Crippen molar-refractivity contribution >= 4 is 23.4 Å². The molecular formula is C11H9F3N2OS. The van der Waals surface area contributed by atoms with Crippen LogP contribution in [0.4, 0.5) is 18.9 Å². The van der Waals surface area contributed by atoms with E-state index in [1.807, 2.05) is 0 Å². The molecule has 1 rings (SSSR count). The molecule has 0 fully saturated rings. The summed E-state index contributed by atoms with van der Waals surface area (Å²) in [6.45, 7) is 0. The monoisotopic (exact) mass is 274 g/mol. The van der Waals surface area contributed by atoms with Crippen LogP contribution in [0.2, 0.25) is 0 Å². The average Bonchev–Trinajstić information content (AvgIpc) is 2.28. The van der Waals surface area contributed by atoms with E-state index < -0.39 is 11.7 Å². The summed E-state index contributed by atoms with van der Waals surface area (Å²) >= 11 is 1.27. The van der Waals surface area contributed by atoms with Gasteiger partial charge in [-0.3, -0.25) is 4.79 Å². The molecule has 0 aromatic heterocycles. The summed E-state index contributed by atoms with van der Waals surface area (Å²) in [5, 5.41) is 11.2. The number of rotatable bonds is 3. The maximum absolute atomic E-state index is 12.4. The number of nitrogens with one attached hydrogen (secondary N) is 1. The number of halogens is 3. The van der Waals surface area contributed by atoms with Crippen LogP contribution in [0, 0.1) is 11.3 Å². The van der Waals surface area contributed by atoms with Crippen LogP contribution >= 0.6 is 11.8 Å². The lowest BCUT2D eigenvalue weighted by atomic mass is 10.1. The van der Waals surface area contributed by atoms with Crippen LogP contribution in [0.1, 0.15) is 11.1 Å². The van der Waals surface area contributed by atoms with Crippen LogP contribution in [-0.2, 0) is 11.0 Å². The van der Waals surface area contributed by atoms with Crippen molar-refractivity contribution < 1.29 is 18.0 Å². The Labute approximate surface area is 106 Å². The third-order valence-electron chi connectivity index (χ3n) is 2.02. The minimum absolute atomic E-state index is 0.0875. The molecule has 0 unspecified atom stereocenters. The Bertz CT molecular complexity index is 494. The lowest BCUT2D eigenvalue weighted by Crippen LogP contribution is -2.15. The topological polar surface area (TPSA) is 52.9 Å². The first-order valence-corrected chi connectivity index (χ1v) is 6.18. The highest BCUT2D eigenvalue weighted by molar-refractivity contribution is 7.99. The number of thioether (sulfide) groups is 1. The van der Waals surface area contributed by atoms with Crippen molar-refractivity contribution in [2.75, 3.05) is 17.3 Å². The Morgan fingerprint density at radius 1 is 1.50 bits per heavy atom. The standard InChI is InChI=1S/C11H9F3N2OS/c1-18-6-10(17)16-9-3-2-8(11(12,13)14)4-7(9)5-15/h2-4H,6H2,1H3,(H,16,17). The molecular weight excluding hydrogens is 265 g/mol. The van der Waals surface area contributed by atoms with Gasteiger partial charge in [0.15, 0.2) is 0 Å². The molecule has 0 aliphatic rings. The highest BCUT2D eigenvalue weighted by atomic mass is 32.2. The van der Waals surface area contributed by atoms with Gasteiger partial charge in [-0.2, -0.15) is 30.2 Å². The third kappa shape index (κ3) is 3.67. The molecule has 0 heterocycles. The first kappa shape index (κ1) is 14.4. The first-order valence-electron chi connectivity index (χ1n) is 4.78. The van der Waals surface area contributed by atoms with E-state index >= 15 is 0 Å². The normalized spacial score (nSPS) is 10.8. The molecule has 1 amide bonds. The fourth-order valence-electron chi connectivity index (χ4n) is 1.24. The van der Waals surface area contributed by atoms with E-state index in [1.165, 1.54) is 11.8 Å². The van der Waals surface area contributed by atoms with Gasteiger partial charge in [-0.15, -0.1) is 0 Å². The maximum Gasteiger partial charge on any atom is 0.416 e. The number of nitriles is 1. The molecule has 0 radical (unpaired) electrons. The zero-order chi connectivity index (χ0) is 13.8. The van der Waals surface area contributed by atoms with Gasteiger partial charge in [0.1, 0.15) is 6.07 Å². The van der Waals surface area contributed by atoms with Crippen LogP contribution in [0.25, 0.3) is 0 Å². The molecule has 3 nitrogen and oxygen atoms in total. The summed E-state index contributed by atoms with van der Waals surface area (Å²) in [4.78, 5) is 11.3. The Balaban J connectivity index is 3.02. The van der Waals surface area contributed by atoms with Crippen molar-refractivity contribution in [2.45, 2.75) is 6.18 Å². The number of alkyl halides is 3. The van der Waals surface area contributed by atoms with Crippen molar-refractivity contribution in [3.8, 4) is 6.07 Å². The van der Waals surface area contributed by atoms with E-state index in [0.29, 0.717) is 6.07 Å². The lowest BCUT2D eigenvalue weighted by Gasteiger charge is -2.10. The fourth-order valence-corrected chi connectivity index (χ4v) is 1.57. The summed E-state index contributed by atoms with van der Waals surface area (Å²) in [6.07, 6.45) is -2.79. The molecule has 1 aromatic rings. The highest BCUT2D eigenvalue weighted by Crippen LogP contribution is 2.31. The van der Waals surface area contributed by atoms with Crippen LogP contribution in [0.15, 0.2) is 18.2 Å². The van der Waals surface area contributed by atoms with Gasteiger partial charge < -0.3 is 5.32 Å². The Morgan fingerprint density at radius 3 is 2.67 bits per heavy atom. The van der Waals surface area contributed by atoms with Gasteiger partial charge in [0.2, 0.25) is 5.91 Å². The summed E-state index contributed by atoms with van der Waals surface area (Å²) < 4.78 is 37.3. The summed E-state index contributed by atoms with van der Waals surface area (Å²) in [5.74, 6) is -0.190. The minimum atomic E-state index is -4.51. The van der Waals surface area contributed by atoms with E-state index in [4.69, 9.17) is 5.26 Å². The van der Waals surface area contributed by atoms with Gasteiger partial charge in [-0.05, 0) is 24.5 Å². The number of amides is 1. The van der Waals surface area contributed by atoms with Crippen LogP contribution in [0.3, 0.4) is 0 Å². The summed E-state index contributed by atoms with van der Waals surface area (Å²) in [7, 11) is 0. The van der Waals surface area contributed by atoms with Crippen molar-refractivity contribution in [1.29, 1.82) is 5.26 Å². The van der Waals surface area contributed by atoms with Gasteiger partial charge in [-0.25, -0.2) is 0 Å². The number of nitrogens with zero attached hydrogens (tertiary/aromatic N) is 1. The smallest absolute Gasteiger partial charge is 0.324 e. The first-order chi connectivity index (χ1) is 8.38. The Hall–Kier alpha value is -1.68. The zero-order valence-electron chi connectivity index (χ0n) is 9.34. The largest absolute Gasteiger partial charge is 0.416 e. The molecule has 0 saturated heterocycles. The second-order valence-electron chi connectivity index (χ2n) is 3.35.